The molecule has 1 aliphatic heterocycles. The highest BCUT2D eigenvalue weighted by Crippen LogP contribution is 2.18. The summed E-state index contributed by atoms with van der Waals surface area (Å²) in [6.07, 6.45) is 4.38. The fraction of sp³-hybridized carbons (Fsp3) is 0.238. The number of hydrogen-bond acceptors (Lipinski definition) is 4. The molecule has 3 rings (SSSR count). The summed E-state index contributed by atoms with van der Waals surface area (Å²) in [5.74, 6) is -0.715. The van der Waals surface area contributed by atoms with E-state index in [1.165, 1.54) is 18.2 Å². The molecule has 1 saturated heterocycles. The van der Waals surface area contributed by atoms with Gasteiger partial charge in [0, 0.05) is 35.3 Å². The Morgan fingerprint density at radius 3 is 2.48 bits per heavy atom. The topological polar surface area (TPSA) is 92.5 Å². The van der Waals surface area contributed by atoms with Crippen molar-refractivity contribution < 1.29 is 14.5 Å². The number of amides is 2. The van der Waals surface area contributed by atoms with E-state index in [0.29, 0.717) is 24.2 Å². The van der Waals surface area contributed by atoms with Crippen LogP contribution in [0.4, 0.5) is 5.69 Å². The number of rotatable bonds is 5. The molecule has 0 saturated carbocycles. The van der Waals surface area contributed by atoms with Gasteiger partial charge in [-0.2, -0.15) is 0 Å². The second-order valence-corrected chi connectivity index (χ2v) is 7.64. The number of halogens is 1. The van der Waals surface area contributed by atoms with Gasteiger partial charge in [-0.05, 0) is 49.1 Å². The van der Waals surface area contributed by atoms with Gasteiger partial charge in [-0.1, -0.05) is 34.1 Å². The van der Waals surface area contributed by atoms with Crippen molar-refractivity contribution in [1.29, 1.82) is 0 Å². The van der Waals surface area contributed by atoms with E-state index in [9.17, 15) is 19.7 Å². The standard InChI is InChI=1S/C21H20BrN3O4/c22-17-8-5-7-16(14-17)20(26)23-19(21(27)24-10-2-1-3-11-24)13-15-6-4-9-18(12-15)25(28)29/h4-9,12-14H,1-3,10-11H2,(H,23,26)/b19-13-. The highest BCUT2D eigenvalue weighted by molar-refractivity contribution is 9.10. The molecule has 1 aliphatic rings. The number of nitro benzene ring substituents is 1. The van der Waals surface area contributed by atoms with E-state index < -0.39 is 10.8 Å². The first-order valence-electron chi connectivity index (χ1n) is 9.26. The molecular formula is C21H20BrN3O4. The Labute approximate surface area is 176 Å². The van der Waals surface area contributed by atoms with Crippen LogP contribution < -0.4 is 5.32 Å². The van der Waals surface area contributed by atoms with Gasteiger partial charge in [0.2, 0.25) is 0 Å². The predicted octanol–water partition coefficient (Wildman–Crippen LogP) is 4.14. The lowest BCUT2D eigenvalue weighted by Gasteiger charge is -2.27. The minimum Gasteiger partial charge on any atom is -0.337 e. The van der Waals surface area contributed by atoms with E-state index in [2.05, 4.69) is 21.2 Å². The van der Waals surface area contributed by atoms with Gasteiger partial charge in [0.05, 0.1) is 4.92 Å². The number of piperidine rings is 1. The molecule has 0 radical (unpaired) electrons. The summed E-state index contributed by atoms with van der Waals surface area (Å²) in [4.78, 5) is 38.0. The van der Waals surface area contributed by atoms with Gasteiger partial charge in [0.1, 0.15) is 5.70 Å². The van der Waals surface area contributed by atoms with Crippen molar-refractivity contribution in [2.45, 2.75) is 19.3 Å². The smallest absolute Gasteiger partial charge is 0.270 e. The number of carbonyl (C=O) groups excluding carboxylic acids is 2. The highest BCUT2D eigenvalue weighted by Gasteiger charge is 2.22. The van der Waals surface area contributed by atoms with E-state index in [1.807, 2.05) is 0 Å². The van der Waals surface area contributed by atoms with Crippen LogP contribution in [-0.2, 0) is 4.79 Å². The van der Waals surface area contributed by atoms with Crippen LogP contribution in [0.25, 0.3) is 6.08 Å². The highest BCUT2D eigenvalue weighted by atomic mass is 79.9. The maximum atomic E-state index is 13.1. The largest absolute Gasteiger partial charge is 0.337 e. The Morgan fingerprint density at radius 2 is 1.79 bits per heavy atom. The van der Waals surface area contributed by atoms with Gasteiger partial charge in [0.15, 0.2) is 0 Å². The number of benzene rings is 2. The van der Waals surface area contributed by atoms with Gasteiger partial charge in [-0.25, -0.2) is 0 Å². The summed E-state index contributed by atoms with van der Waals surface area (Å²) in [7, 11) is 0. The van der Waals surface area contributed by atoms with Gasteiger partial charge < -0.3 is 10.2 Å². The molecule has 1 fully saturated rings. The normalized spacial score (nSPS) is 14.4. The third kappa shape index (κ3) is 5.51. The quantitative estimate of drug-likeness (QED) is 0.414. The van der Waals surface area contributed by atoms with E-state index in [0.717, 1.165) is 23.7 Å². The Hall–Kier alpha value is -3.00. The number of hydrogen-bond donors (Lipinski definition) is 1. The Balaban J connectivity index is 1.92. The fourth-order valence-electron chi connectivity index (χ4n) is 3.14. The Morgan fingerprint density at radius 1 is 1.07 bits per heavy atom. The van der Waals surface area contributed by atoms with E-state index in [4.69, 9.17) is 0 Å². The zero-order valence-electron chi connectivity index (χ0n) is 15.6. The second-order valence-electron chi connectivity index (χ2n) is 6.73. The van der Waals surface area contributed by atoms with Crippen molar-refractivity contribution in [3.63, 3.8) is 0 Å². The average Bonchev–Trinajstić information content (AvgIpc) is 2.73. The van der Waals surface area contributed by atoms with Crippen LogP contribution in [-0.4, -0.2) is 34.7 Å². The van der Waals surface area contributed by atoms with Crippen molar-refractivity contribution >= 4 is 39.5 Å². The van der Waals surface area contributed by atoms with Gasteiger partial charge in [-0.3, -0.25) is 19.7 Å². The molecule has 8 heteroatoms. The molecule has 0 aliphatic carbocycles. The molecule has 2 aromatic carbocycles. The molecule has 0 spiro atoms. The third-order valence-corrected chi connectivity index (χ3v) is 5.09. The maximum absolute atomic E-state index is 13.1. The molecule has 1 N–H and O–H groups in total. The summed E-state index contributed by atoms with van der Waals surface area (Å²) in [6, 6.07) is 12.8. The molecular weight excluding hydrogens is 438 g/mol. The van der Waals surface area contributed by atoms with E-state index in [-0.39, 0.29) is 17.3 Å². The third-order valence-electron chi connectivity index (χ3n) is 4.60. The monoisotopic (exact) mass is 457 g/mol. The first-order chi connectivity index (χ1) is 13.9. The van der Waals surface area contributed by atoms with E-state index >= 15 is 0 Å². The minimum absolute atomic E-state index is 0.0816. The lowest BCUT2D eigenvalue weighted by Crippen LogP contribution is -2.41. The number of carbonyl (C=O) groups is 2. The SMILES string of the molecule is O=C(N/C(=C\c1cccc([N+](=O)[O-])c1)C(=O)N1CCCCC1)c1cccc(Br)c1. The fourth-order valence-corrected chi connectivity index (χ4v) is 3.54. The molecule has 0 unspecified atom stereocenters. The van der Waals surface area contributed by atoms with Crippen LogP contribution in [0.3, 0.4) is 0 Å². The van der Waals surface area contributed by atoms with Gasteiger partial charge in [-0.15, -0.1) is 0 Å². The Kier molecular flexibility index (Phi) is 6.77. The molecule has 1 heterocycles. The summed E-state index contributed by atoms with van der Waals surface area (Å²) < 4.78 is 0.747. The number of non-ortho nitro benzene ring substituents is 1. The summed E-state index contributed by atoms with van der Waals surface area (Å²) >= 11 is 3.33. The van der Waals surface area contributed by atoms with Crippen molar-refractivity contribution in [3.8, 4) is 0 Å². The zero-order chi connectivity index (χ0) is 20.8. The number of nitro groups is 1. The molecule has 2 amide bonds. The molecule has 7 nitrogen and oxygen atoms in total. The van der Waals surface area contributed by atoms with Gasteiger partial charge in [0.25, 0.3) is 17.5 Å². The molecule has 0 bridgehead atoms. The van der Waals surface area contributed by atoms with Crippen molar-refractivity contribution in [1.82, 2.24) is 10.2 Å². The van der Waals surface area contributed by atoms with Crippen LogP contribution in [0.1, 0.15) is 35.2 Å². The molecule has 2 aromatic rings. The number of nitrogens with zero attached hydrogens (tertiary/aromatic N) is 2. The molecule has 0 aromatic heterocycles. The van der Waals surface area contributed by atoms with Crippen LogP contribution >= 0.6 is 15.9 Å². The number of nitrogens with one attached hydrogen (secondary N) is 1. The summed E-state index contributed by atoms with van der Waals surface area (Å²) in [6.45, 7) is 1.25. The summed E-state index contributed by atoms with van der Waals surface area (Å²) in [5, 5.41) is 13.7. The first-order valence-corrected chi connectivity index (χ1v) is 10.1. The first kappa shape index (κ1) is 20.7. The molecule has 0 atom stereocenters. The second kappa shape index (κ2) is 9.47. The van der Waals surface area contributed by atoms with Gasteiger partial charge >= 0.3 is 0 Å². The predicted molar refractivity (Wildman–Crippen MR) is 113 cm³/mol. The zero-order valence-corrected chi connectivity index (χ0v) is 17.2. The maximum Gasteiger partial charge on any atom is 0.270 e. The Bertz CT molecular complexity index is 968. The van der Waals surface area contributed by atoms with Crippen LogP contribution in [0.5, 0.6) is 0 Å². The van der Waals surface area contributed by atoms with Crippen molar-refractivity contribution in [3.05, 3.63) is 79.9 Å². The minimum atomic E-state index is -0.496. The van der Waals surface area contributed by atoms with Crippen LogP contribution in [0, 0.1) is 10.1 Å². The van der Waals surface area contributed by atoms with Crippen LogP contribution in [0.2, 0.25) is 0 Å². The van der Waals surface area contributed by atoms with E-state index in [1.54, 1.807) is 41.3 Å². The molecule has 150 valence electrons. The van der Waals surface area contributed by atoms with Crippen molar-refractivity contribution in [2.24, 2.45) is 0 Å². The lowest BCUT2D eigenvalue weighted by molar-refractivity contribution is -0.384. The number of likely N-dealkylation sites (tertiary alicyclic amines) is 1. The average molecular weight is 458 g/mol. The van der Waals surface area contributed by atoms with Crippen LogP contribution in [0.15, 0.2) is 58.7 Å². The summed E-state index contributed by atoms with van der Waals surface area (Å²) in [5.41, 5.74) is 0.879. The lowest BCUT2D eigenvalue weighted by atomic mass is 10.1. The van der Waals surface area contributed by atoms with Crippen molar-refractivity contribution in [2.75, 3.05) is 13.1 Å². The molecule has 29 heavy (non-hydrogen) atoms.